The van der Waals surface area contributed by atoms with E-state index in [0.29, 0.717) is 37.1 Å². The van der Waals surface area contributed by atoms with Gasteiger partial charge in [-0.3, -0.25) is 14.4 Å². The summed E-state index contributed by atoms with van der Waals surface area (Å²) in [6, 6.07) is 12.2. The summed E-state index contributed by atoms with van der Waals surface area (Å²) in [4.78, 5) is 40.4. The first-order chi connectivity index (χ1) is 15.8. The van der Waals surface area contributed by atoms with E-state index in [9.17, 15) is 18.8 Å². The Morgan fingerprint density at radius 2 is 1.70 bits per heavy atom. The maximum Gasteiger partial charge on any atom is 0.253 e. The summed E-state index contributed by atoms with van der Waals surface area (Å²) in [6.07, 6.45) is 1.91. The molecule has 1 aliphatic rings. The van der Waals surface area contributed by atoms with Gasteiger partial charge in [0.15, 0.2) is 0 Å². The summed E-state index contributed by atoms with van der Waals surface area (Å²) in [6.45, 7) is 6.74. The minimum Gasteiger partial charge on any atom is -0.352 e. The predicted octanol–water partition coefficient (Wildman–Crippen LogP) is 3.70. The highest BCUT2D eigenvalue weighted by Crippen LogP contribution is 2.23. The molecule has 0 spiro atoms. The molecular formula is C26H32FN3O3. The number of piperidine rings is 1. The van der Waals surface area contributed by atoms with Gasteiger partial charge < -0.3 is 15.5 Å². The number of benzene rings is 2. The Kier molecular flexibility index (Phi) is 8.20. The fourth-order valence-corrected chi connectivity index (χ4v) is 4.00. The SMILES string of the molecule is CCC(C)NC(=O)C(NC(=O)c1ccc(C)cc1)C1CCN(C(=O)c2cccc(F)c2)CC1. The van der Waals surface area contributed by atoms with Crippen LogP contribution in [0.5, 0.6) is 0 Å². The maximum absolute atomic E-state index is 13.5. The number of amides is 3. The lowest BCUT2D eigenvalue weighted by Gasteiger charge is -2.36. The molecule has 3 amide bonds. The van der Waals surface area contributed by atoms with Gasteiger partial charge in [0.1, 0.15) is 11.9 Å². The number of nitrogens with one attached hydrogen (secondary N) is 2. The molecule has 176 valence electrons. The van der Waals surface area contributed by atoms with Crippen molar-refractivity contribution in [2.45, 2.75) is 52.1 Å². The van der Waals surface area contributed by atoms with Crippen molar-refractivity contribution in [2.24, 2.45) is 5.92 Å². The zero-order chi connectivity index (χ0) is 24.0. The molecule has 2 aromatic rings. The molecule has 2 atom stereocenters. The fourth-order valence-electron chi connectivity index (χ4n) is 4.00. The van der Waals surface area contributed by atoms with Crippen LogP contribution in [0.25, 0.3) is 0 Å². The van der Waals surface area contributed by atoms with Crippen LogP contribution in [0.4, 0.5) is 4.39 Å². The summed E-state index contributed by atoms with van der Waals surface area (Å²) in [5.74, 6) is -1.29. The van der Waals surface area contributed by atoms with Crippen LogP contribution in [-0.2, 0) is 4.79 Å². The summed E-state index contributed by atoms with van der Waals surface area (Å²) in [5.41, 5.74) is 1.86. The summed E-state index contributed by atoms with van der Waals surface area (Å²) in [7, 11) is 0. The molecule has 1 fully saturated rings. The number of rotatable bonds is 7. The van der Waals surface area contributed by atoms with Crippen LogP contribution in [0.1, 0.15) is 59.4 Å². The van der Waals surface area contributed by atoms with Crippen LogP contribution < -0.4 is 10.6 Å². The molecule has 0 saturated carbocycles. The second kappa shape index (κ2) is 11.1. The van der Waals surface area contributed by atoms with Gasteiger partial charge in [-0.2, -0.15) is 0 Å². The highest BCUT2D eigenvalue weighted by atomic mass is 19.1. The first-order valence-electron chi connectivity index (χ1n) is 11.5. The molecule has 1 saturated heterocycles. The quantitative estimate of drug-likeness (QED) is 0.671. The van der Waals surface area contributed by atoms with E-state index in [2.05, 4.69) is 10.6 Å². The molecule has 7 heteroatoms. The molecule has 33 heavy (non-hydrogen) atoms. The third-order valence-electron chi connectivity index (χ3n) is 6.25. The summed E-state index contributed by atoms with van der Waals surface area (Å²) < 4.78 is 13.5. The van der Waals surface area contributed by atoms with Gasteiger partial charge in [0, 0.05) is 30.3 Å². The zero-order valence-corrected chi connectivity index (χ0v) is 19.4. The van der Waals surface area contributed by atoms with Crippen molar-refractivity contribution >= 4 is 17.7 Å². The van der Waals surface area contributed by atoms with Gasteiger partial charge in [0.05, 0.1) is 0 Å². The molecule has 0 aromatic heterocycles. The lowest BCUT2D eigenvalue weighted by molar-refractivity contribution is -0.125. The summed E-state index contributed by atoms with van der Waals surface area (Å²) >= 11 is 0. The molecule has 0 radical (unpaired) electrons. The van der Waals surface area contributed by atoms with E-state index in [1.807, 2.05) is 32.9 Å². The Bertz CT molecular complexity index is 985. The second-order valence-corrected chi connectivity index (χ2v) is 8.78. The van der Waals surface area contributed by atoms with Crippen LogP contribution in [-0.4, -0.2) is 47.8 Å². The van der Waals surface area contributed by atoms with Gasteiger partial charge in [-0.25, -0.2) is 4.39 Å². The van der Waals surface area contributed by atoms with E-state index >= 15 is 0 Å². The number of halogens is 1. The van der Waals surface area contributed by atoms with Crippen molar-refractivity contribution in [3.8, 4) is 0 Å². The molecule has 6 nitrogen and oxygen atoms in total. The second-order valence-electron chi connectivity index (χ2n) is 8.78. The Morgan fingerprint density at radius 1 is 1.03 bits per heavy atom. The van der Waals surface area contributed by atoms with Crippen LogP contribution in [0.2, 0.25) is 0 Å². The number of hydrogen-bond donors (Lipinski definition) is 2. The minimum atomic E-state index is -0.695. The highest BCUT2D eigenvalue weighted by molar-refractivity contribution is 5.98. The third-order valence-corrected chi connectivity index (χ3v) is 6.25. The van der Waals surface area contributed by atoms with Crippen molar-refractivity contribution in [2.75, 3.05) is 13.1 Å². The van der Waals surface area contributed by atoms with Gasteiger partial charge in [-0.1, -0.05) is 30.7 Å². The Hall–Kier alpha value is -3.22. The van der Waals surface area contributed by atoms with E-state index in [1.165, 1.54) is 18.2 Å². The van der Waals surface area contributed by atoms with Crippen LogP contribution >= 0.6 is 0 Å². The standard InChI is InChI=1S/C26H32FN3O3/c1-4-18(3)28-25(32)23(29-24(31)20-10-8-17(2)9-11-20)19-12-14-30(15-13-19)26(33)21-6-5-7-22(27)16-21/h5-11,16,18-19,23H,4,12-15H2,1-3H3,(H,28,32)(H,29,31). The predicted molar refractivity (Wildman–Crippen MR) is 125 cm³/mol. The number of carbonyl (C=O) groups excluding carboxylic acids is 3. The Labute approximate surface area is 194 Å². The maximum atomic E-state index is 13.5. The van der Waals surface area contributed by atoms with Gasteiger partial charge >= 0.3 is 0 Å². The normalized spacial score (nSPS) is 16.1. The lowest BCUT2D eigenvalue weighted by Crippen LogP contribution is -2.55. The smallest absolute Gasteiger partial charge is 0.253 e. The van der Waals surface area contributed by atoms with Crippen LogP contribution in [0.3, 0.4) is 0 Å². The van der Waals surface area contributed by atoms with Crippen LogP contribution in [0, 0.1) is 18.7 Å². The summed E-state index contributed by atoms with van der Waals surface area (Å²) in [5, 5.41) is 5.91. The fraction of sp³-hybridized carbons (Fsp3) is 0.423. The van der Waals surface area contributed by atoms with Crippen molar-refractivity contribution in [3.63, 3.8) is 0 Å². The van der Waals surface area contributed by atoms with E-state index in [0.717, 1.165) is 12.0 Å². The number of aryl methyl sites for hydroxylation is 1. The number of likely N-dealkylation sites (tertiary alicyclic amines) is 1. The first-order valence-corrected chi connectivity index (χ1v) is 11.5. The van der Waals surface area contributed by atoms with Crippen molar-refractivity contribution in [1.29, 1.82) is 0 Å². The molecule has 3 rings (SSSR count). The number of hydrogen-bond acceptors (Lipinski definition) is 3. The van der Waals surface area contributed by atoms with Gasteiger partial charge in [-0.15, -0.1) is 0 Å². The largest absolute Gasteiger partial charge is 0.352 e. The highest BCUT2D eigenvalue weighted by Gasteiger charge is 2.34. The molecule has 0 bridgehead atoms. The molecule has 2 unspecified atom stereocenters. The van der Waals surface area contributed by atoms with Crippen molar-refractivity contribution < 1.29 is 18.8 Å². The Balaban J connectivity index is 1.70. The van der Waals surface area contributed by atoms with Gasteiger partial charge in [-0.05, 0) is 69.4 Å². The molecule has 2 aromatic carbocycles. The monoisotopic (exact) mass is 453 g/mol. The lowest BCUT2D eigenvalue weighted by atomic mass is 9.88. The van der Waals surface area contributed by atoms with Gasteiger partial charge in [0.25, 0.3) is 11.8 Å². The first kappa shape index (κ1) is 24.4. The van der Waals surface area contributed by atoms with Crippen molar-refractivity contribution in [1.82, 2.24) is 15.5 Å². The zero-order valence-electron chi connectivity index (χ0n) is 19.4. The molecule has 2 N–H and O–H groups in total. The average Bonchev–Trinajstić information content (AvgIpc) is 2.82. The molecule has 1 heterocycles. The van der Waals surface area contributed by atoms with E-state index in [-0.39, 0.29) is 29.7 Å². The van der Waals surface area contributed by atoms with Crippen LogP contribution in [0.15, 0.2) is 48.5 Å². The van der Waals surface area contributed by atoms with E-state index in [4.69, 9.17) is 0 Å². The number of carbonyl (C=O) groups is 3. The Morgan fingerprint density at radius 3 is 2.30 bits per heavy atom. The van der Waals surface area contributed by atoms with E-state index < -0.39 is 11.9 Å². The molecular weight excluding hydrogens is 421 g/mol. The average molecular weight is 454 g/mol. The topological polar surface area (TPSA) is 78.5 Å². The minimum absolute atomic E-state index is 0.00841. The van der Waals surface area contributed by atoms with E-state index in [1.54, 1.807) is 23.1 Å². The molecule has 1 aliphatic heterocycles. The van der Waals surface area contributed by atoms with Crippen molar-refractivity contribution in [3.05, 3.63) is 71.0 Å². The number of nitrogens with zero attached hydrogens (tertiary/aromatic N) is 1. The third kappa shape index (κ3) is 6.40. The molecule has 0 aliphatic carbocycles. The van der Waals surface area contributed by atoms with Gasteiger partial charge in [0.2, 0.25) is 5.91 Å².